The minimum atomic E-state index is -3.68. The number of hydrogen-bond donors (Lipinski definition) is 2. The van der Waals surface area contributed by atoms with E-state index in [-0.39, 0.29) is 28.0 Å². The van der Waals surface area contributed by atoms with Crippen molar-refractivity contribution >= 4 is 33.2 Å². The summed E-state index contributed by atoms with van der Waals surface area (Å²) < 4.78 is 31.3. The molecule has 1 amide bonds. The molecule has 0 radical (unpaired) electrons. The molecule has 1 aliphatic heterocycles. The highest BCUT2D eigenvalue weighted by molar-refractivity contribution is 7.89. The number of anilines is 1. The standard InChI is InChI=1S/C16H24ClN3O4S/c1-11-8-20(9-12(2)24-11)10-16(21)18-13-5-6-14(17)15(7-13)25(22,23)19(3)4/h5-7,11-12H,8-10H2,1-4H3,(H,18,21)/p+1/t11-,12-/m1/s1. The Bertz CT molecular complexity index is 729. The van der Waals surface area contributed by atoms with Crippen LogP contribution in [0.4, 0.5) is 5.69 Å². The minimum absolute atomic E-state index is 0.0297. The van der Waals surface area contributed by atoms with E-state index in [4.69, 9.17) is 16.3 Å². The molecule has 0 saturated carbocycles. The molecule has 1 heterocycles. The first-order chi connectivity index (χ1) is 11.6. The molecule has 9 heteroatoms. The number of nitrogens with one attached hydrogen (secondary N) is 2. The van der Waals surface area contributed by atoms with Gasteiger partial charge in [0.2, 0.25) is 10.0 Å². The Hall–Kier alpha value is -1.19. The molecule has 1 aromatic carbocycles. The van der Waals surface area contributed by atoms with Crippen LogP contribution >= 0.6 is 11.6 Å². The molecule has 1 aromatic rings. The van der Waals surface area contributed by atoms with Crippen molar-refractivity contribution in [1.29, 1.82) is 0 Å². The van der Waals surface area contributed by atoms with E-state index >= 15 is 0 Å². The number of rotatable bonds is 5. The Labute approximate surface area is 153 Å². The molecule has 0 spiro atoms. The molecule has 0 unspecified atom stereocenters. The van der Waals surface area contributed by atoms with Crippen LogP contribution in [0.15, 0.2) is 23.1 Å². The first-order valence-corrected chi connectivity index (χ1v) is 9.92. The van der Waals surface area contributed by atoms with Gasteiger partial charge in [-0.15, -0.1) is 0 Å². The van der Waals surface area contributed by atoms with Gasteiger partial charge in [0.05, 0.1) is 5.02 Å². The largest absolute Gasteiger partial charge is 0.364 e. The molecule has 1 saturated heterocycles. The summed E-state index contributed by atoms with van der Waals surface area (Å²) in [5.74, 6) is -0.174. The fourth-order valence-electron chi connectivity index (χ4n) is 2.94. The third kappa shape index (κ3) is 5.15. The molecule has 0 aromatic heterocycles. The number of nitrogens with zero attached hydrogens (tertiary/aromatic N) is 1. The summed E-state index contributed by atoms with van der Waals surface area (Å²) in [6, 6.07) is 4.45. The maximum absolute atomic E-state index is 12.3. The van der Waals surface area contributed by atoms with Crippen molar-refractivity contribution in [2.75, 3.05) is 39.0 Å². The second kappa shape index (κ2) is 8.01. The first-order valence-electron chi connectivity index (χ1n) is 8.10. The number of hydrogen-bond acceptors (Lipinski definition) is 4. The highest BCUT2D eigenvalue weighted by Gasteiger charge is 2.27. The van der Waals surface area contributed by atoms with Gasteiger partial charge in [0.15, 0.2) is 6.54 Å². The van der Waals surface area contributed by atoms with E-state index in [1.165, 1.54) is 26.2 Å². The zero-order chi connectivity index (χ0) is 18.8. The smallest absolute Gasteiger partial charge is 0.279 e. The van der Waals surface area contributed by atoms with Gasteiger partial charge in [-0.05, 0) is 32.0 Å². The summed E-state index contributed by atoms with van der Waals surface area (Å²) in [4.78, 5) is 13.4. The summed E-state index contributed by atoms with van der Waals surface area (Å²) in [6.45, 7) is 5.81. The lowest BCUT2D eigenvalue weighted by Gasteiger charge is -2.31. The highest BCUT2D eigenvalue weighted by Crippen LogP contribution is 2.26. The summed E-state index contributed by atoms with van der Waals surface area (Å²) >= 11 is 6.01. The molecule has 0 aliphatic carbocycles. The predicted octanol–water partition coefficient (Wildman–Crippen LogP) is 0.221. The molecule has 2 atom stereocenters. The molecule has 1 aliphatic rings. The fraction of sp³-hybridized carbons (Fsp3) is 0.562. The number of morpholine rings is 1. The minimum Gasteiger partial charge on any atom is -0.364 e. The molecule has 1 fully saturated rings. The second-order valence-electron chi connectivity index (χ2n) is 6.57. The van der Waals surface area contributed by atoms with E-state index in [1.807, 2.05) is 13.8 Å². The number of ether oxygens (including phenoxy) is 1. The van der Waals surface area contributed by atoms with Gasteiger partial charge in [-0.3, -0.25) is 4.79 Å². The quantitative estimate of drug-likeness (QED) is 0.753. The average Bonchev–Trinajstić information content (AvgIpc) is 2.47. The normalized spacial score (nSPS) is 24.3. The predicted molar refractivity (Wildman–Crippen MR) is 96.5 cm³/mol. The van der Waals surface area contributed by atoms with Crippen molar-refractivity contribution in [3.8, 4) is 0 Å². The monoisotopic (exact) mass is 390 g/mol. The maximum Gasteiger partial charge on any atom is 0.279 e. The van der Waals surface area contributed by atoms with E-state index in [0.717, 1.165) is 22.3 Å². The summed E-state index contributed by atoms with van der Waals surface area (Å²) in [5, 5.41) is 2.87. The Balaban J connectivity index is 2.09. The molecule has 140 valence electrons. The molecule has 2 rings (SSSR count). The van der Waals surface area contributed by atoms with Crippen LogP contribution in [-0.2, 0) is 19.6 Å². The van der Waals surface area contributed by atoms with Crippen molar-refractivity contribution in [3.05, 3.63) is 23.2 Å². The summed E-state index contributed by atoms with van der Waals surface area (Å²) in [6.07, 6.45) is 0.220. The van der Waals surface area contributed by atoms with Crippen LogP contribution in [-0.4, -0.2) is 64.6 Å². The number of quaternary nitrogens is 1. The van der Waals surface area contributed by atoms with E-state index in [2.05, 4.69) is 5.32 Å². The van der Waals surface area contributed by atoms with Gasteiger partial charge in [-0.2, -0.15) is 0 Å². The van der Waals surface area contributed by atoms with Crippen LogP contribution in [0, 0.1) is 0 Å². The van der Waals surface area contributed by atoms with E-state index in [9.17, 15) is 13.2 Å². The van der Waals surface area contributed by atoms with Crippen LogP contribution in [0.2, 0.25) is 5.02 Å². The second-order valence-corrected chi connectivity index (χ2v) is 9.10. The Kier molecular flexibility index (Phi) is 6.45. The van der Waals surface area contributed by atoms with Crippen LogP contribution in [0.25, 0.3) is 0 Å². The number of carbonyl (C=O) groups is 1. The maximum atomic E-state index is 12.3. The molecule has 2 N–H and O–H groups in total. The number of amides is 1. The van der Waals surface area contributed by atoms with Crippen LogP contribution in [0.5, 0.6) is 0 Å². The van der Waals surface area contributed by atoms with Crippen LogP contribution in [0.1, 0.15) is 13.8 Å². The van der Waals surface area contributed by atoms with Gasteiger partial charge in [0.25, 0.3) is 5.91 Å². The number of carbonyl (C=O) groups excluding carboxylic acids is 1. The first kappa shape index (κ1) is 20.1. The van der Waals surface area contributed by atoms with Crippen LogP contribution < -0.4 is 10.2 Å². The van der Waals surface area contributed by atoms with E-state index < -0.39 is 10.0 Å². The molecular formula is C16H25ClN3O4S+. The van der Waals surface area contributed by atoms with Gasteiger partial charge >= 0.3 is 0 Å². The van der Waals surface area contributed by atoms with Gasteiger partial charge in [0.1, 0.15) is 30.2 Å². The number of benzene rings is 1. The van der Waals surface area contributed by atoms with E-state index in [0.29, 0.717) is 12.2 Å². The Morgan fingerprint density at radius 2 is 1.92 bits per heavy atom. The number of halogens is 1. The topological polar surface area (TPSA) is 80.2 Å². The van der Waals surface area contributed by atoms with Crippen molar-refractivity contribution in [2.24, 2.45) is 0 Å². The molecule has 7 nitrogen and oxygen atoms in total. The Morgan fingerprint density at radius 3 is 2.48 bits per heavy atom. The summed E-state index contributed by atoms with van der Waals surface area (Å²) in [7, 11) is -0.816. The molecule has 25 heavy (non-hydrogen) atoms. The van der Waals surface area contributed by atoms with Crippen molar-refractivity contribution in [1.82, 2.24) is 4.31 Å². The van der Waals surface area contributed by atoms with Crippen molar-refractivity contribution in [3.63, 3.8) is 0 Å². The van der Waals surface area contributed by atoms with Gasteiger partial charge in [-0.1, -0.05) is 11.6 Å². The molecule has 0 bridgehead atoms. The van der Waals surface area contributed by atoms with Gasteiger partial charge in [-0.25, -0.2) is 12.7 Å². The van der Waals surface area contributed by atoms with Crippen molar-refractivity contribution < 1.29 is 22.8 Å². The van der Waals surface area contributed by atoms with Crippen molar-refractivity contribution in [2.45, 2.75) is 31.0 Å². The number of sulfonamides is 1. The summed E-state index contributed by atoms with van der Waals surface area (Å²) in [5.41, 5.74) is 0.406. The third-order valence-electron chi connectivity index (χ3n) is 4.00. The lowest BCUT2D eigenvalue weighted by atomic mass is 10.2. The fourth-order valence-corrected chi connectivity index (χ4v) is 4.34. The third-order valence-corrected chi connectivity index (χ3v) is 6.30. The average molecular weight is 391 g/mol. The van der Waals surface area contributed by atoms with E-state index in [1.54, 1.807) is 6.07 Å². The Morgan fingerprint density at radius 1 is 1.32 bits per heavy atom. The lowest BCUT2D eigenvalue weighted by molar-refractivity contribution is -0.907. The lowest BCUT2D eigenvalue weighted by Crippen LogP contribution is -3.16. The SMILES string of the molecule is C[C@@H]1C[NH+](CC(=O)Nc2ccc(Cl)c(S(=O)(=O)N(C)C)c2)C[C@@H](C)O1. The highest BCUT2D eigenvalue weighted by atomic mass is 35.5. The zero-order valence-corrected chi connectivity index (χ0v) is 16.4. The van der Waals surface area contributed by atoms with Crippen LogP contribution in [0.3, 0.4) is 0 Å². The zero-order valence-electron chi connectivity index (χ0n) is 14.9. The van der Waals surface area contributed by atoms with Gasteiger partial charge in [0, 0.05) is 19.8 Å². The van der Waals surface area contributed by atoms with Gasteiger partial charge < -0.3 is 15.0 Å². The molecular weight excluding hydrogens is 366 g/mol.